The molecule has 1 atom stereocenters. The lowest BCUT2D eigenvalue weighted by Gasteiger charge is -2.36. The maximum Gasteiger partial charge on any atom is 0.223 e. The van der Waals surface area contributed by atoms with E-state index in [-0.39, 0.29) is 0 Å². The Hall–Kier alpha value is -1.36. The lowest BCUT2D eigenvalue weighted by Crippen LogP contribution is -2.41. The molecule has 1 saturated carbocycles. The number of aryl methyl sites for hydroxylation is 1. The summed E-state index contributed by atoms with van der Waals surface area (Å²) in [4.78, 5) is 18.9. The summed E-state index contributed by atoms with van der Waals surface area (Å²) < 4.78 is 2.16. The van der Waals surface area contributed by atoms with Gasteiger partial charge < -0.3 is 15.2 Å². The molecule has 3 rings (SSSR count). The lowest BCUT2D eigenvalue weighted by molar-refractivity contribution is -0.134. The molecule has 1 aromatic heterocycles. The number of carbonyl (C=O) groups is 1. The Morgan fingerprint density at radius 3 is 2.90 bits per heavy atom. The zero-order valence-electron chi connectivity index (χ0n) is 12.9. The molecule has 1 amide bonds. The summed E-state index contributed by atoms with van der Waals surface area (Å²) in [6.07, 6.45) is 9.07. The largest absolute Gasteiger partial charge is 0.338 e. The molecule has 0 aromatic carbocycles. The van der Waals surface area contributed by atoms with Gasteiger partial charge in [-0.05, 0) is 51.0 Å². The summed E-state index contributed by atoms with van der Waals surface area (Å²) in [5.41, 5.74) is 5.66. The molecular formula is C16H26N4O. The van der Waals surface area contributed by atoms with E-state index in [1.807, 2.05) is 19.3 Å². The Bertz CT molecular complexity index is 492. The van der Waals surface area contributed by atoms with Crippen LogP contribution in [-0.4, -0.2) is 39.5 Å². The van der Waals surface area contributed by atoms with Gasteiger partial charge in [0, 0.05) is 37.9 Å². The smallest absolute Gasteiger partial charge is 0.223 e. The molecule has 1 saturated heterocycles. The van der Waals surface area contributed by atoms with Crippen molar-refractivity contribution in [3.8, 4) is 0 Å². The highest BCUT2D eigenvalue weighted by Gasteiger charge is 2.34. The molecule has 0 spiro atoms. The van der Waals surface area contributed by atoms with Crippen LogP contribution in [0.4, 0.5) is 0 Å². The standard InChI is InChI=1S/C16H26N4O/c1-12-18-4-6-19(12)11-15-3-2-5-20(15)16(21)9-13-7-14(8-13)10-17/h4,6,13-15H,2-3,5,7-11,17H2,1H3. The average molecular weight is 290 g/mol. The molecule has 1 aromatic rings. The molecular weight excluding hydrogens is 264 g/mol. The van der Waals surface area contributed by atoms with E-state index < -0.39 is 0 Å². The summed E-state index contributed by atoms with van der Waals surface area (Å²) in [5, 5.41) is 0. The number of hydrogen-bond acceptors (Lipinski definition) is 3. The second-order valence-electron chi connectivity index (χ2n) is 6.65. The number of amides is 1. The zero-order valence-corrected chi connectivity index (χ0v) is 12.9. The van der Waals surface area contributed by atoms with Crippen molar-refractivity contribution >= 4 is 5.91 Å². The highest BCUT2D eigenvalue weighted by molar-refractivity contribution is 5.77. The van der Waals surface area contributed by atoms with Crippen molar-refractivity contribution in [2.24, 2.45) is 17.6 Å². The number of rotatable bonds is 5. The summed E-state index contributed by atoms with van der Waals surface area (Å²) >= 11 is 0. The van der Waals surface area contributed by atoms with Crippen molar-refractivity contribution in [3.63, 3.8) is 0 Å². The predicted octanol–water partition coefficient (Wildman–Crippen LogP) is 1.56. The van der Waals surface area contributed by atoms with E-state index >= 15 is 0 Å². The van der Waals surface area contributed by atoms with Gasteiger partial charge >= 0.3 is 0 Å². The Morgan fingerprint density at radius 1 is 1.43 bits per heavy atom. The van der Waals surface area contributed by atoms with Crippen LogP contribution in [0.1, 0.15) is 37.9 Å². The minimum atomic E-state index is 0.343. The maximum absolute atomic E-state index is 12.5. The van der Waals surface area contributed by atoms with E-state index in [2.05, 4.69) is 14.5 Å². The van der Waals surface area contributed by atoms with Gasteiger partial charge in [-0.2, -0.15) is 0 Å². The third-order valence-corrected chi connectivity index (χ3v) is 5.16. The first kappa shape index (κ1) is 14.6. The molecule has 0 bridgehead atoms. The van der Waals surface area contributed by atoms with Crippen molar-refractivity contribution in [1.82, 2.24) is 14.5 Å². The Balaban J connectivity index is 1.54. The number of imidazole rings is 1. The van der Waals surface area contributed by atoms with E-state index in [0.29, 0.717) is 23.8 Å². The van der Waals surface area contributed by atoms with Crippen molar-refractivity contribution < 1.29 is 4.79 Å². The molecule has 1 aliphatic heterocycles. The third kappa shape index (κ3) is 3.12. The minimum Gasteiger partial charge on any atom is -0.338 e. The first-order valence-corrected chi connectivity index (χ1v) is 8.14. The second kappa shape index (κ2) is 6.18. The van der Waals surface area contributed by atoms with Crippen LogP contribution in [0.3, 0.4) is 0 Å². The third-order valence-electron chi connectivity index (χ3n) is 5.16. The van der Waals surface area contributed by atoms with Crippen molar-refractivity contribution in [1.29, 1.82) is 0 Å². The van der Waals surface area contributed by atoms with Gasteiger partial charge in [0.25, 0.3) is 0 Å². The van der Waals surface area contributed by atoms with E-state index in [1.165, 1.54) is 0 Å². The fourth-order valence-corrected chi connectivity index (χ4v) is 3.77. The predicted molar refractivity (Wildman–Crippen MR) is 81.6 cm³/mol. The molecule has 2 fully saturated rings. The highest BCUT2D eigenvalue weighted by atomic mass is 16.2. The van der Waals surface area contributed by atoms with Gasteiger partial charge in [0.05, 0.1) is 0 Å². The minimum absolute atomic E-state index is 0.343. The molecule has 1 unspecified atom stereocenters. The topological polar surface area (TPSA) is 64.2 Å². The molecule has 2 N–H and O–H groups in total. The molecule has 1 aliphatic carbocycles. The molecule has 0 radical (unpaired) electrons. The van der Waals surface area contributed by atoms with Gasteiger partial charge in [0.15, 0.2) is 0 Å². The maximum atomic E-state index is 12.5. The van der Waals surface area contributed by atoms with Crippen molar-refractivity contribution in [2.45, 2.75) is 51.6 Å². The van der Waals surface area contributed by atoms with E-state index in [1.54, 1.807) is 0 Å². The Morgan fingerprint density at radius 2 is 2.24 bits per heavy atom. The van der Waals surface area contributed by atoms with Gasteiger partial charge in [0.1, 0.15) is 5.82 Å². The first-order chi connectivity index (χ1) is 10.2. The quantitative estimate of drug-likeness (QED) is 0.895. The van der Waals surface area contributed by atoms with Crippen LogP contribution in [0.5, 0.6) is 0 Å². The number of hydrogen-bond donors (Lipinski definition) is 1. The number of carbonyl (C=O) groups excluding carboxylic acids is 1. The normalized spacial score (nSPS) is 28.7. The SMILES string of the molecule is Cc1nccn1CC1CCCN1C(=O)CC1CC(CN)C1. The van der Waals surface area contributed by atoms with Crippen LogP contribution in [0.25, 0.3) is 0 Å². The highest BCUT2D eigenvalue weighted by Crippen LogP contribution is 2.36. The van der Waals surface area contributed by atoms with E-state index in [4.69, 9.17) is 5.73 Å². The van der Waals surface area contributed by atoms with Crippen LogP contribution in [-0.2, 0) is 11.3 Å². The lowest BCUT2D eigenvalue weighted by atomic mass is 9.73. The Kier molecular flexibility index (Phi) is 4.29. The second-order valence-corrected chi connectivity index (χ2v) is 6.65. The summed E-state index contributed by atoms with van der Waals surface area (Å²) in [5.74, 6) is 2.60. The van der Waals surface area contributed by atoms with Crippen LogP contribution in [0, 0.1) is 18.8 Å². The van der Waals surface area contributed by atoms with Gasteiger partial charge in [-0.25, -0.2) is 4.98 Å². The van der Waals surface area contributed by atoms with Crippen LogP contribution in [0.2, 0.25) is 0 Å². The zero-order chi connectivity index (χ0) is 14.8. The first-order valence-electron chi connectivity index (χ1n) is 8.14. The van der Waals surface area contributed by atoms with E-state index in [9.17, 15) is 4.79 Å². The van der Waals surface area contributed by atoms with Crippen molar-refractivity contribution in [2.75, 3.05) is 13.1 Å². The van der Waals surface area contributed by atoms with Gasteiger partial charge in [-0.1, -0.05) is 0 Å². The van der Waals surface area contributed by atoms with Crippen LogP contribution < -0.4 is 5.73 Å². The summed E-state index contributed by atoms with van der Waals surface area (Å²) in [6.45, 7) is 4.59. The van der Waals surface area contributed by atoms with Crippen molar-refractivity contribution in [3.05, 3.63) is 18.2 Å². The molecule has 5 nitrogen and oxygen atoms in total. The molecule has 2 heterocycles. The van der Waals surface area contributed by atoms with Gasteiger partial charge in [0.2, 0.25) is 5.91 Å². The molecule has 2 aliphatic rings. The van der Waals surface area contributed by atoms with E-state index in [0.717, 1.165) is 57.6 Å². The van der Waals surface area contributed by atoms with Gasteiger partial charge in [-0.15, -0.1) is 0 Å². The molecule has 21 heavy (non-hydrogen) atoms. The number of nitrogens with zero attached hydrogens (tertiary/aromatic N) is 3. The number of aromatic nitrogens is 2. The fraction of sp³-hybridized carbons (Fsp3) is 0.750. The molecule has 5 heteroatoms. The molecule has 116 valence electrons. The summed E-state index contributed by atoms with van der Waals surface area (Å²) in [7, 11) is 0. The van der Waals surface area contributed by atoms with Gasteiger partial charge in [-0.3, -0.25) is 4.79 Å². The number of nitrogens with two attached hydrogens (primary N) is 1. The summed E-state index contributed by atoms with van der Waals surface area (Å²) in [6, 6.07) is 0.343. The Labute approximate surface area is 126 Å². The average Bonchev–Trinajstić information content (AvgIpc) is 3.04. The fourth-order valence-electron chi connectivity index (χ4n) is 3.77. The monoisotopic (exact) mass is 290 g/mol. The number of likely N-dealkylation sites (tertiary alicyclic amines) is 1. The van der Waals surface area contributed by atoms with Crippen LogP contribution >= 0.6 is 0 Å². The van der Waals surface area contributed by atoms with Crippen LogP contribution in [0.15, 0.2) is 12.4 Å².